The molecule has 0 spiro atoms. The fourth-order valence-electron chi connectivity index (χ4n) is 2.44. The first-order valence-electron chi connectivity index (χ1n) is 7.30. The van der Waals surface area contributed by atoms with Crippen LogP contribution in [0, 0.1) is 6.92 Å². The molecule has 0 saturated carbocycles. The van der Waals surface area contributed by atoms with Crippen molar-refractivity contribution in [1.29, 1.82) is 0 Å². The van der Waals surface area contributed by atoms with E-state index in [1.165, 1.54) is 0 Å². The van der Waals surface area contributed by atoms with Gasteiger partial charge in [-0.25, -0.2) is 0 Å². The summed E-state index contributed by atoms with van der Waals surface area (Å²) in [6.45, 7) is 9.61. The monoisotopic (exact) mass is 278 g/mol. The Morgan fingerprint density at radius 3 is 2.85 bits per heavy atom. The lowest BCUT2D eigenvalue weighted by Gasteiger charge is -2.30. The average molecular weight is 278 g/mol. The van der Waals surface area contributed by atoms with Crippen LogP contribution in [0.15, 0.2) is 12.1 Å². The highest BCUT2D eigenvalue weighted by atomic mass is 16.5. The van der Waals surface area contributed by atoms with E-state index in [1.807, 2.05) is 19.1 Å². The lowest BCUT2D eigenvalue weighted by molar-refractivity contribution is -0.0405. The van der Waals surface area contributed by atoms with Gasteiger partial charge in [0, 0.05) is 18.8 Å². The Hall–Kier alpha value is -1.26. The molecule has 4 nitrogen and oxygen atoms in total. The van der Waals surface area contributed by atoms with Gasteiger partial charge in [0.05, 0.1) is 6.61 Å². The van der Waals surface area contributed by atoms with Gasteiger partial charge in [-0.15, -0.1) is 0 Å². The van der Waals surface area contributed by atoms with Crippen LogP contribution in [0.2, 0.25) is 0 Å². The number of rotatable bonds is 4. The minimum Gasteiger partial charge on any atom is -0.491 e. The Balaban J connectivity index is 2.06. The van der Waals surface area contributed by atoms with Gasteiger partial charge in [0.1, 0.15) is 18.5 Å². The molecule has 0 aromatic heterocycles. The maximum absolute atomic E-state index is 6.01. The third-order valence-corrected chi connectivity index (χ3v) is 3.79. The number of morpholine rings is 1. The molecule has 0 bridgehead atoms. The second-order valence-electron chi connectivity index (χ2n) is 5.97. The van der Waals surface area contributed by atoms with E-state index in [-0.39, 0.29) is 6.10 Å². The molecular weight excluding hydrogens is 252 g/mol. The number of benzene rings is 1. The molecule has 4 heteroatoms. The predicted octanol–water partition coefficient (Wildman–Crippen LogP) is 2.41. The molecule has 0 amide bonds. The van der Waals surface area contributed by atoms with Crippen molar-refractivity contribution in [2.45, 2.75) is 32.8 Å². The van der Waals surface area contributed by atoms with Gasteiger partial charge in [0.15, 0.2) is 0 Å². The van der Waals surface area contributed by atoms with Crippen molar-refractivity contribution in [2.24, 2.45) is 0 Å². The molecule has 0 radical (unpaired) electrons. The van der Waals surface area contributed by atoms with Crippen molar-refractivity contribution in [1.82, 2.24) is 4.90 Å². The summed E-state index contributed by atoms with van der Waals surface area (Å²) >= 11 is 0. The van der Waals surface area contributed by atoms with E-state index >= 15 is 0 Å². The largest absolute Gasteiger partial charge is 0.491 e. The first kappa shape index (κ1) is 15.1. The number of anilines is 1. The standard InChI is InChI=1S/C16H26N2O2/c1-11(2)14-8-15(17)12(3)7-16(14)20-10-13-9-18(4)5-6-19-13/h7-8,11,13H,5-6,9-10,17H2,1-4H3. The Morgan fingerprint density at radius 1 is 1.45 bits per heavy atom. The van der Waals surface area contributed by atoms with E-state index in [9.17, 15) is 0 Å². The van der Waals surface area contributed by atoms with Crippen LogP contribution in [0.4, 0.5) is 5.69 Å². The Bertz CT molecular complexity index is 460. The third kappa shape index (κ3) is 3.64. The Morgan fingerprint density at radius 2 is 2.20 bits per heavy atom. The van der Waals surface area contributed by atoms with E-state index in [2.05, 4.69) is 25.8 Å². The number of hydrogen-bond acceptors (Lipinski definition) is 4. The van der Waals surface area contributed by atoms with E-state index < -0.39 is 0 Å². The summed E-state index contributed by atoms with van der Waals surface area (Å²) in [5.41, 5.74) is 9.05. The van der Waals surface area contributed by atoms with Gasteiger partial charge in [-0.1, -0.05) is 13.8 Å². The van der Waals surface area contributed by atoms with Crippen LogP contribution in [0.3, 0.4) is 0 Å². The third-order valence-electron chi connectivity index (χ3n) is 3.79. The van der Waals surface area contributed by atoms with Crippen molar-refractivity contribution in [3.05, 3.63) is 23.3 Å². The summed E-state index contributed by atoms with van der Waals surface area (Å²) < 4.78 is 11.7. The first-order valence-corrected chi connectivity index (χ1v) is 7.30. The van der Waals surface area contributed by atoms with Crippen molar-refractivity contribution in [2.75, 3.05) is 39.1 Å². The van der Waals surface area contributed by atoms with Gasteiger partial charge in [0.2, 0.25) is 0 Å². The fourth-order valence-corrected chi connectivity index (χ4v) is 2.44. The van der Waals surface area contributed by atoms with Gasteiger partial charge < -0.3 is 20.1 Å². The second kappa shape index (κ2) is 6.46. The molecule has 1 aliphatic heterocycles. The summed E-state index contributed by atoms with van der Waals surface area (Å²) in [6, 6.07) is 4.07. The molecule has 1 aromatic rings. The van der Waals surface area contributed by atoms with E-state index in [0.717, 1.165) is 42.3 Å². The van der Waals surface area contributed by atoms with Gasteiger partial charge in [-0.05, 0) is 43.1 Å². The highest BCUT2D eigenvalue weighted by molar-refractivity contribution is 5.55. The highest BCUT2D eigenvalue weighted by Crippen LogP contribution is 2.31. The number of aryl methyl sites for hydroxylation is 1. The van der Waals surface area contributed by atoms with Crippen LogP contribution in [-0.4, -0.2) is 44.4 Å². The van der Waals surface area contributed by atoms with E-state index in [4.69, 9.17) is 15.2 Å². The van der Waals surface area contributed by atoms with Crippen molar-refractivity contribution in [3.63, 3.8) is 0 Å². The van der Waals surface area contributed by atoms with Crippen LogP contribution in [0.25, 0.3) is 0 Å². The summed E-state index contributed by atoms with van der Waals surface area (Å²) in [5.74, 6) is 1.33. The normalized spacial score (nSPS) is 20.4. The fraction of sp³-hybridized carbons (Fsp3) is 0.625. The molecule has 1 aromatic carbocycles. The second-order valence-corrected chi connectivity index (χ2v) is 5.97. The zero-order valence-electron chi connectivity index (χ0n) is 13.0. The van der Waals surface area contributed by atoms with Gasteiger partial charge in [-0.3, -0.25) is 0 Å². The minimum absolute atomic E-state index is 0.145. The van der Waals surface area contributed by atoms with Crippen LogP contribution < -0.4 is 10.5 Å². The van der Waals surface area contributed by atoms with Gasteiger partial charge in [-0.2, -0.15) is 0 Å². The molecule has 0 aliphatic carbocycles. The number of nitrogen functional groups attached to an aromatic ring is 1. The van der Waals surface area contributed by atoms with Gasteiger partial charge >= 0.3 is 0 Å². The molecular formula is C16H26N2O2. The van der Waals surface area contributed by atoms with Crippen LogP contribution >= 0.6 is 0 Å². The summed E-state index contributed by atoms with van der Waals surface area (Å²) in [5, 5.41) is 0. The Kier molecular flexibility index (Phi) is 4.89. The number of ether oxygens (including phenoxy) is 2. The van der Waals surface area contributed by atoms with E-state index in [0.29, 0.717) is 12.5 Å². The lowest BCUT2D eigenvalue weighted by atomic mass is 9.99. The molecule has 112 valence electrons. The maximum atomic E-state index is 6.01. The zero-order chi connectivity index (χ0) is 14.7. The number of likely N-dealkylation sites (N-methyl/N-ethyl adjacent to an activating group) is 1. The Labute approximate surface area is 121 Å². The SMILES string of the molecule is Cc1cc(OCC2CN(C)CCO2)c(C(C)C)cc1N. The molecule has 2 rings (SSSR count). The topological polar surface area (TPSA) is 47.7 Å². The minimum atomic E-state index is 0.145. The molecule has 1 saturated heterocycles. The summed E-state index contributed by atoms with van der Waals surface area (Å²) in [6.07, 6.45) is 0.145. The highest BCUT2D eigenvalue weighted by Gasteiger charge is 2.19. The van der Waals surface area contributed by atoms with Crippen molar-refractivity contribution >= 4 is 5.69 Å². The molecule has 1 unspecified atom stereocenters. The van der Waals surface area contributed by atoms with Crippen LogP contribution in [-0.2, 0) is 4.74 Å². The summed E-state index contributed by atoms with van der Waals surface area (Å²) in [4.78, 5) is 2.27. The van der Waals surface area contributed by atoms with Crippen molar-refractivity contribution < 1.29 is 9.47 Å². The predicted molar refractivity (Wildman–Crippen MR) is 82.4 cm³/mol. The van der Waals surface area contributed by atoms with Crippen LogP contribution in [0.5, 0.6) is 5.75 Å². The average Bonchev–Trinajstić information content (AvgIpc) is 2.39. The maximum Gasteiger partial charge on any atom is 0.123 e. The van der Waals surface area contributed by atoms with Crippen molar-refractivity contribution in [3.8, 4) is 5.75 Å². The molecule has 1 fully saturated rings. The molecule has 1 aliphatic rings. The van der Waals surface area contributed by atoms with Crippen LogP contribution in [0.1, 0.15) is 30.9 Å². The first-order chi connectivity index (χ1) is 9.47. The van der Waals surface area contributed by atoms with Gasteiger partial charge in [0.25, 0.3) is 0 Å². The molecule has 20 heavy (non-hydrogen) atoms. The number of hydrogen-bond donors (Lipinski definition) is 1. The molecule has 1 atom stereocenters. The molecule has 1 heterocycles. The van der Waals surface area contributed by atoms with E-state index in [1.54, 1.807) is 0 Å². The number of nitrogens with two attached hydrogens (primary N) is 1. The zero-order valence-corrected chi connectivity index (χ0v) is 13.0. The lowest BCUT2D eigenvalue weighted by Crippen LogP contribution is -2.42. The summed E-state index contributed by atoms with van der Waals surface area (Å²) in [7, 11) is 2.11. The smallest absolute Gasteiger partial charge is 0.123 e. The quantitative estimate of drug-likeness (QED) is 0.859. The molecule has 2 N–H and O–H groups in total. The number of nitrogens with zero attached hydrogens (tertiary/aromatic N) is 1.